The third-order valence-corrected chi connectivity index (χ3v) is 5.42. The van der Waals surface area contributed by atoms with Crippen molar-refractivity contribution in [1.82, 2.24) is 4.90 Å². The molecule has 0 saturated carbocycles. The Labute approximate surface area is 138 Å². The van der Waals surface area contributed by atoms with Gasteiger partial charge in [0.25, 0.3) is 0 Å². The number of carbonyl (C=O) groups is 1. The van der Waals surface area contributed by atoms with Crippen molar-refractivity contribution >= 4 is 6.09 Å². The highest BCUT2D eigenvalue weighted by Crippen LogP contribution is 2.55. The number of aromatic hydroxyl groups is 1. The van der Waals surface area contributed by atoms with Gasteiger partial charge in [-0.3, -0.25) is 4.90 Å². The number of phenolic OH excluding ortho intramolecular Hbond substituents is 1. The van der Waals surface area contributed by atoms with Crippen LogP contribution in [0.3, 0.4) is 0 Å². The van der Waals surface area contributed by atoms with Gasteiger partial charge in [-0.2, -0.15) is 0 Å². The standard InChI is InChI=1S/C19H27NO3/c1-6-19(7-2)14-11-13(21)9-8-12(14)10-15-16(19)20(15)17(22)23-18(3,4)5/h8-9,11,15-16,21H,6-7,10H2,1-5H3. The van der Waals surface area contributed by atoms with E-state index in [1.54, 1.807) is 6.07 Å². The van der Waals surface area contributed by atoms with Crippen molar-refractivity contribution in [1.29, 1.82) is 0 Å². The average molecular weight is 317 g/mol. The molecule has 1 N–H and O–H groups in total. The molecule has 2 atom stereocenters. The predicted octanol–water partition coefficient (Wildman–Crippen LogP) is 3.99. The summed E-state index contributed by atoms with van der Waals surface area (Å²) < 4.78 is 5.60. The molecule has 1 saturated heterocycles. The summed E-state index contributed by atoms with van der Waals surface area (Å²) >= 11 is 0. The number of carbonyl (C=O) groups excluding carboxylic acids is 1. The largest absolute Gasteiger partial charge is 0.508 e. The third kappa shape index (κ3) is 2.48. The molecule has 1 aliphatic heterocycles. The van der Waals surface area contributed by atoms with E-state index in [-0.39, 0.29) is 23.6 Å². The number of phenols is 1. The minimum atomic E-state index is -0.477. The van der Waals surface area contributed by atoms with E-state index in [1.807, 2.05) is 37.8 Å². The van der Waals surface area contributed by atoms with Gasteiger partial charge in [0, 0.05) is 5.41 Å². The second-order valence-corrected chi connectivity index (χ2v) is 7.81. The molecule has 1 aromatic rings. The summed E-state index contributed by atoms with van der Waals surface area (Å²) in [6.07, 6.45) is 2.53. The fourth-order valence-corrected chi connectivity index (χ4v) is 4.33. The number of benzene rings is 1. The van der Waals surface area contributed by atoms with E-state index >= 15 is 0 Å². The van der Waals surface area contributed by atoms with Crippen LogP contribution >= 0.6 is 0 Å². The monoisotopic (exact) mass is 317 g/mol. The number of ether oxygens (including phenoxy) is 1. The Hall–Kier alpha value is -1.71. The number of nitrogens with zero attached hydrogens (tertiary/aromatic N) is 1. The highest BCUT2D eigenvalue weighted by atomic mass is 16.6. The molecule has 3 rings (SSSR count). The lowest BCUT2D eigenvalue weighted by molar-refractivity contribution is 0.0379. The maximum atomic E-state index is 12.6. The van der Waals surface area contributed by atoms with Crippen LogP contribution in [0.1, 0.15) is 58.6 Å². The van der Waals surface area contributed by atoms with Crippen LogP contribution in [0.2, 0.25) is 0 Å². The van der Waals surface area contributed by atoms with Gasteiger partial charge in [0.05, 0.1) is 12.1 Å². The molecule has 2 aliphatic rings. The Morgan fingerprint density at radius 3 is 2.57 bits per heavy atom. The fourth-order valence-electron chi connectivity index (χ4n) is 4.33. The van der Waals surface area contributed by atoms with E-state index in [2.05, 4.69) is 13.8 Å². The van der Waals surface area contributed by atoms with Gasteiger partial charge in [-0.15, -0.1) is 0 Å². The van der Waals surface area contributed by atoms with Crippen LogP contribution in [0.15, 0.2) is 18.2 Å². The molecule has 4 nitrogen and oxygen atoms in total. The van der Waals surface area contributed by atoms with Gasteiger partial charge in [-0.25, -0.2) is 4.79 Å². The lowest BCUT2D eigenvalue weighted by Crippen LogP contribution is -2.38. The zero-order valence-electron chi connectivity index (χ0n) is 14.7. The highest BCUT2D eigenvalue weighted by molar-refractivity contribution is 5.74. The molecule has 1 aromatic carbocycles. The van der Waals surface area contributed by atoms with Crippen molar-refractivity contribution in [3.05, 3.63) is 29.3 Å². The van der Waals surface area contributed by atoms with Gasteiger partial charge >= 0.3 is 6.09 Å². The van der Waals surface area contributed by atoms with Crippen molar-refractivity contribution < 1.29 is 14.6 Å². The average Bonchev–Trinajstić information content (AvgIpc) is 3.18. The van der Waals surface area contributed by atoms with Crippen LogP contribution in [-0.4, -0.2) is 33.8 Å². The molecule has 1 fully saturated rings. The van der Waals surface area contributed by atoms with Gasteiger partial charge in [0.15, 0.2) is 0 Å². The first kappa shape index (κ1) is 16.2. The smallest absolute Gasteiger partial charge is 0.410 e. The number of hydrogen-bond donors (Lipinski definition) is 1. The summed E-state index contributed by atoms with van der Waals surface area (Å²) in [6.45, 7) is 10.0. The molecule has 126 valence electrons. The second-order valence-electron chi connectivity index (χ2n) is 7.81. The first-order valence-corrected chi connectivity index (χ1v) is 8.57. The van der Waals surface area contributed by atoms with Gasteiger partial charge in [-0.05, 0) is 63.3 Å². The van der Waals surface area contributed by atoms with Crippen molar-refractivity contribution in [2.45, 2.75) is 77.0 Å². The molecule has 2 unspecified atom stereocenters. The number of amides is 1. The van der Waals surface area contributed by atoms with E-state index in [0.29, 0.717) is 5.75 Å². The normalized spacial score (nSPS) is 24.7. The molecule has 1 amide bonds. The number of rotatable bonds is 2. The number of fused-ring (bicyclic) bond motifs is 2. The molecule has 23 heavy (non-hydrogen) atoms. The van der Waals surface area contributed by atoms with Crippen molar-refractivity contribution in [3.63, 3.8) is 0 Å². The third-order valence-electron chi connectivity index (χ3n) is 5.42. The molecule has 0 bridgehead atoms. The molecule has 0 radical (unpaired) electrons. The molecule has 4 heteroatoms. The molecular weight excluding hydrogens is 290 g/mol. The zero-order valence-corrected chi connectivity index (χ0v) is 14.7. The van der Waals surface area contributed by atoms with E-state index < -0.39 is 5.60 Å². The van der Waals surface area contributed by atoms with E-state index in [1.165, 1.54) is 11.1 Å². The van der Waals surface area contributed by atoms with Crippen LogP contribution in [0.25, 0.3) is 0 Å². The van der Waals surface area contributed by atoms with Crippen molar-refractivity contribution in [2.75, 3.05) is 0 Å². The number of hydrogen-bond acceptors (Lipinski definition) is 3. The molecular formula is C19H27NO3. The lowest BCUT2D eigenvalue weighted by Gasteiger charge is -2.36. The molecule has 0 aromatic heterocycles. The van der Waals surface area contributed by atoms with Crippen LogP contribution in [-0.2, 0) is 16.6 Å². The summed E-state index contributed by atoms with van der Waals surface area (Å²) in [6, 6.07) is 6.05. The Kier molecular flexibility index (Phi) is 3.62. The molecule has 1 aliphatic carbocycles. The maximum absolute atomic E-state index is 12.6. The SMILES string of the molecule is CCC1(CC)c2cc(O)ccc2CC2C1N2C(=O)OC(C)(C)C. The van der Waals surface area contributed by atoms with Crippen molar-refractivity contribution in [2.24, 2.45) is 0 Å². The highest BCUT2D eigenvalue weighted by Gasteiger charge is 2.64. The summed E-state index contributed by atoms with van der Waals surface area (Å²) in [5.41, 5.74) is 1.89. The van der Waals surface area contributed by atoms with Crippen LogP contribution in [0.5, 0.6) is 5.75 Å². The minimum Gasteiger partial charge on any atom is -0.508 e. The zero-order chi connectivity index (χ0) is 17.0. The van der Waals surface area contributed by atoms with Gasteiger partial charge in [0.2, 0.25) is 0 Å². The fraction of sp³-hybridized carbons (Fsp3) is 0.632. The first-order valence-electron chi connectivity index (χ1n) is 8.57. The maximum Gasteiger partial charge on any atom is 0.410 e. The van der Waals surface area contributed by atoms with Gasteiger partial charge in [-0.1, -0.05) is 19.9 Å². The van der Waals surface area contributed by atoms with Crippen LogP contribution in [0.4, 0.5) is 4.79 Å². The minimum absolute atomic E-state index is 0.0894. The van der Waals surface area contributed by atoms with E-state index in [0.717, 1.165) is 19.3 Å². The Morgan fingerprint density at radius 2 is 2.00 bits per heavy atom. The van der Waals surface area contributed by atoms with Crippen LogP contribution < -0.4 is 0 Å². The molecule has 0 spiro atoms. The molecule has 1 heterocycles. The lowest BCUT2D eigenvalue weighted by atomic mass is 9.66. The summed E-state index contributed by atoms with van der Waals surface area (Å²) in [5.74, 6) is 0.304. The predicted molar refractivity (Wildman–Crippen MR) is 89.7 cm³/mol. The van der Waals surface area contributed by atoms with Crippen molar-refractivity contribution in [3.8, 4) is 5.75 Å². The van der Waals surface area contributed by atoms with Crippen LogP contribution in [0, 0.1) is 0 Å². The Bertz CT molecular complexity index is 628. The van der Waals surface area contributed by atoms with E-state index in [9.17, 15) is 9.90 Å². The van der Waals surface area contributed by atoms with E-state index in [4.69, 9.17) is 4.74 Å². The Morgan fingerprint density at radius 1 is 1.35 bits per heavy atom. The summed E-state index contributed by atoms with van der Waals surface area (Å²) in [7, 11) is 0. The second kappa shape index (κ2) is 5.15. The topological polar surface area (TPSA) is 49.5 Å². The Balaban J connectivity index is 1.96. The van der Waals surface area contributed by atoms with Gasteiger partial charge < -0.3 is 9.84 Å². The quantitative estimate of drug-likeness (QED) is 0.839. The summed E-state index contributed by atoms with van der Waals surface area (Å²) in [4.78, 5) is 14.5. The van der Waals surface area contributed by atoms with Gasteiger partial charge in [0.1, 0.15) is 11.4 Å². The first-order chi connectivity index (χ1) is 10.7. The summed E-state index contributed by atoms with van der Waals surface area (Å²) in [5, 5.41) is 9.93.